The molecule has 1 fully saturated rings. The lowest BCUT2D eigenvalue weighted by molar-refractivity contribution is -0.119. The Morgan fingerprint density at radius 1 is 1.20 bits per heavy atom. The Hall–Kier alpha value is -3.13. The van der Waals surface area contributed by atoms with Crippen LogP contribution >= 0.6 is 0 Å². The third kappa shape index (κ3) is 4.23. The minimum absolute atomic E-state index is 0.167. The van der Waals surface area contributed by atoms with Crippen molar-refractivity contribution in [1.29, 1.82) is 0 Å². The number of likely N-dealkylation sites (tertiary alicyclic amines) is 1. The van der Waals surface area contributed by atoms with Crippen molar-refractivity contribution in [3.63, 3.8) is 0 Å². The molecule has 2 aliphatic rings. The van der Waals surface area contributed by atoms with Crippen LogP contribution in [0.2, 0.25) is 0 Å². The number of nitrogens with zero attached hydrogens (tertiary/aromatic N) is 2. The highest BCUT2D eigenvalue weighted by Gasteiger charge is 2.42. The van der Waals surface area contributed by atoms with Crippen LogP contribution in [0.3, 0.4) is 0 Å². The maximum atomic E-state index is 13.6. The number of halogens is 2. The Balaban J connectivity index is 1.36. The molecule has 1 spiro atoms. The van der Waals surface area contributed by atoms with Crippen LogP contribution in [0.4, 0.5) is 14.5 Å². The van der Waals surface area contributed by atoms with Crippen molar-refractivity contribution in [3.8, 4) is 0 Å². The molecular weight excluding hydrogens is 390 g/mol. The van der Waals surface area contributed by atoms with E-state index < -0.39 is 11.5 Å². The highest BCUT2D eigenvalue weighted by Crippen LogP contribution is 2.29. The number of benzene rings is 2. The largest absolute Gasteiger partial charge is 0.326 e. The van der Waals surface area contributed by atoms with Gasteiger partial charge in [-0.15, -0.1) is 0 Å². The standard InChI is InChI=1S/C22H22F2N4O2/c1-14-5-6-17(12-18(14)24)25-19(29)13-28-9-7-22(8-10-28)26-20(21(30)27-22)15-3-2-4-16(23)11-15/h2-6,11-12H,7-10,13H2,1H3,(H,25,29)(H,27,30). The number of carbonyl (C=O) groups excluding carboxylic acids is 2. The second-order valence-corrected chi connectivity index (χ2v) is 7.74. The average molecular weight is 412 g/mol. The summed E-state index contributed by atoms with van der Waals surface area (Å²) in [6.45, 7) is 2.96. The van der Waals surface area contributed by atoms with Gasteiger partial charge in [-0.3, -0.25) is 19.5 Å². The fourth-order valence-corrected chi connectivity index (χ4v) is 3.79. The number of hydrogen-bond acceptors (Lipinski definition) is 4. The fourth-order valence-electron chi connectivity index (χ4n) is 3.79. The third-order valence-electron chi connectivity index (χ3n) is 5.49. The molecule has 0 unspecified atom stereocenters. The van der Waals surface area contributed by atoms with E-state index in [0.717, 1.165) is 0 Å². The average Bonchev–Trinajstić information content (AvgIpc) is 3.03. The van der Waals surface area contributed by atoms with Crippen molar-refractivity contribution < 1.29 is 18.4 Å². The minimum Gasteiger partial charge on any atom is -0.326 e. The van der Waals surface area contributed by atoms with Crippen LogP contribution < -0.4 is 10.6 Å². The maximum Gasteiger partial charge on any atom is 0.272 e. The van der Waals surface area contributed by atoms with Crippen molar-refractivity contribution in [2.45, 2.75) is 25.4 Å². The number of amides is 2. The first-order valence-corrected chi connectivity index (χ1v) is 9.80. The molecule has 4 rings (SSSR count). The molecule has 0 aromatic heterocycles. The quantitative estimate of drug-likeness (QED) is 0.811. The molecule has 8 heteroatoms. The second kappa shape index (κ2) is 7.95. The number of piperidine rings is 1. The first kappa shape index (κ1) is 20.2. The van der Waals surface area contributed by atoms with E-state index in [1.165, 1.54) is 18.2 Å². The first-order chi connectivity index (χ1) is 14.3. The predicted molar refractivity (Wildman–Crippen MR) is 109 cm³/mol. The van der Waals surface area contributed by atoms with Gasteiger partial charge < -0.3 is 10.6 Å². The zero-order valence-corrected chi connectivity index (χ0v) is 16.5. The fraction of sp³-hybridized carbons (Fsp3) is 0.318. The molecular formula is C22H22F2N4O2. The molecule has 1 saturated heterocycles. The number of rotatable bonds is 4. The van der Waals surface area contributed by atoms with Crippen LogP contribution in [0.1, 0.15) is 24.0 Å². The first-order valence-electron chi connectivity index (χ1n) is 9.80. The molecule has 2 aromatic carbocycles. The summed E-state index contributed by atoms with van der Waals surface area (Å²) in [7, 11) is 0. The van der Waals surface area contributed by atoms with Crippen LogP contribution in [0.15, 0.2) is 47.5 Å². The molecule has 0 radical (unpaired) electrons. The van der Waals surface area contributed by atoms with Crippen molar-refractivity contribution in [1.82, 2.24) is 10.2 Å². The molecule has 2 heterocycles. The highest BCUT2D eigenvalue weighted by atomic mass is 19.1. The Morgan fingerprint density at radius 3 is 2.67 bits per heavy atom. The summed E-state index contributed by atoms with van der Waals surface area (Å²) < 4.78 is 27.1. The van der Waals surface area contributed by atoms with Crippen LogP contribution in [0.25, 0.3) is 0 Å². The highest BCUT2D eigenvalue weighted by molar-refractivity contribution is 6.46. The summed E-state index contributed by atoms with van der Waals surface area (Å²) in [5.41, 5.74) is 0.917. The predicted octanol–water partition coefficient (Wildman–Crippen LogP) is 2.62. The van der Waals surface area contributed by atoms with Crippen molar-refractivity contribution >= 4 is 23.2 Å². The van der Waals surface area contributed by atoms with Gasteiger partial charge in [0.2, 0.25) is 5.91 Å². The number of aliphatic imine (C=N–C) groups is 1. The van der Waals surface area contributed by atoms with E-state index in [1.807, 2.05) is 4.90 Å². The van der Waals surface area contributed by atoms with Gasteiger partial charge in [-0.05, 0) is 36.8 Å². The topological polar surface area (TPSA) is 73.8 Å². The van der Waals surface area contributed by atoms with Crippen LogP contribution in [-0.2, 0) is 9.59 Å². The van der Waals surface area contributed by atoms with E-state index >= 15 is 0 Å². The molecule has 0 bridgehead atoms. The summed E-state index contributed by atoms with van der Waals surface area (Å²) in [4.78, 5) is 31.3. The summed E-state index contributed by atoms with van der Waals surface area (Å²) in [5, 5.41) is 5.63. The summed E-state index contributed by atoms with van der Waals surface area (Å²) in [6.07, 6.45) is 1.09. The third-order valence-corrected chi connectivity index (χ3v) is 5.49. The van der Waals surface area contributed by atoms with E-state index in [2.05, 4.69) is 15.6 Å². The van der Waals surface area contributed by atoms with Gasteiger partial charge in [-0.1, -0.05) is 18.2 Å². The molecule has 156 valence electrons. The van der Waals surface area contributed by atoms with Gasteiger partial charge >= 0.3 is 0 Å². The minimum atomic E-state index is -0.716. The van der Waals surface area contributed by atoms with Crippen molar-refractivity contribution in [2.24, 2.45) is 4.99 Å². The number of hydrogen-bond donors (Lipinski definition) is 2. The molecule has 0 saturated carbocycles. The summed E-state index contributed by atoms with van der Waals surface area (Å²) in [6, 6.07) is 10.4. The summed E-state index contributed by atoms with van der Waals surface area (Å²) >= 11 is 0. The van der Waals surface area contributed by atoms with Gasteiger partial charge in [-0.2, -0.15) is 0 Å². The Bertz CT molecular complexity index is 1030. The number of aryl methyl sites for hydroxylation is 1. The molecule has 0 atom stereocenters. The van der Waals surface area contributed by atoms with Gasteiger partial charge in [0, 0.05) is 37.2 Å². The Kier molecular flexibility index (Phi) is 5.34. The number of carbonyl (C=O) groups is 2. The van der Waals surface area contributed by atoms with Gasteiger partial charge in [0.05, 0.1) is 6.54 Å². The Morgan fingerprint density at radius 2 is 1.97 bits per heavy atom. The molecule has 6 nitrogen and oxygen atoms in total. The van der Waals surface area contributed by atoms with Crippen LogP contribution in [0, 0.1) is 18.6 Å². The second-order valence-electron chi connectivity index (χ2n) is 7.74. The van der Waals surface area contributed by atoms with E-state index in [4.69, 9.17) is 0 Å². The number of nitrogens with one attached hydrogen (secondary N) is 2. The van der Waals surface area contributed by atoms with Crippen LogP contribution in [-0.4, -0.2) is 47.7 Å². The van der Waals surface area contributed by atoms with Crippen LogP contribution in [0.5, 0.6) is 0 Å². The van der Waals surface area contributed by atoms with E-state index in [9.17, 15) is 18.4 Å². The number of anilines is 1. The zero-order valence-electron chi connectivity index (χ0n) is 16.5. The zero-order chi connectivity index (χ0) is 21.3. The molecule has 2 aromatic rings. The van der Waals surface area contributed by atoms with Gasteiger partial charge in [-0.25, -0.2) is 8.78 Å². The molecule has 2 amide bonds. The SMILES string of the molecule is Cc1ccc(NC(=O)CN2CCC3(CC2)N=C(c2cccc(F)c2)C(=O)N3)cc1F. The lowest BCUT2D eigenvalue weighted by Gasteiger charge is -2.36. The maximum absolute atomic E-state index is 13.6. The molecule has 2 aliphatic heterocycles. The lowest BCUT2D eigenvalue weighted by Crippen LogP contribution is -2.52. The monoisotopic (exact) mass is 412 g/mol. The molecule has 30 heavy (non-hydrogen) atoms. The van der Waals surface area contributed by atoms with Gasteiger partial charge in [0.25, 0.3) is 5.91 Å². The van der Waals surface area contributed by atoms with E-state index in [-0.39, 0.29) is 29.9 Å². The molecule has 0 aliphatic carbocycles. The van der Waals surface area contributed by atoms with Gasteiger partial charge in [0.15, 0.2) is 0 Å². The van der Waals surface area contributed by atoms with E-state index in [1.54, 1.807) is 31.2 Å². The van der Waals surface area contributed by atoms with Gasteiger partial charge in [0.1, 0.15) is 23.0 Å². The van der Waals surface area contributed by atoms with E-state index in [0.29, 0.717) is 42.7 Å². The normalized spacial score (nSPS) is 18.2. The molecule has 2 N–H and O–H groups in total. The van der Waals surface area contributed by atoms with Crippen molar-refractivity contribution in [2.75, 3.05) is 25.0 Å². The summed E-state index contributed by atoms with van der Waals surface area (Å²) in [5.74, 6) is -1.32. The Labute approximate surface area is 173 Å². The lowest BCUT2D eigenvalue weighted by atomic mass is 9.98. The smallest absolute Gasteiger partial charge is 0.272 e. The van der Waals surface area contributed by atoms with Crippen molar-refractivity contribution in [3.05, 3.63) is 65.2 Å².